The quantitative estimate of drug-likeness (QED) is 0.764. The van der Waals surface area contributed by atoms with Gasteiger partial charge in [0.15, 0.2) is 0 Å². The molecule has 1 aromatic carbocycles. The van der Waals surface area contributed by atoms with Crippen LogP contribution in [-0.2, 0) is 11.4 Å². The van der Waals surface area contributed by atoms with Crippen LogP contribution < -0.4 is 5.32 Å². The van der Waals surface area contributed by atoms with Gasteiger partial charge in [-0.25, -0.2) is 0 Å². The lowest BCUT2D eigenvalue weighted by molar-refractivity contribution is -0.120. The maximum atomic E-state index is 11.7. The predicted molar refractivity (Wildman–Crippen MR) is 71.0 cm³/mol. The smallest absolute Gasteiger partial charge is 0.233 e. The van der Waals surface area contributed by atoms with Gasteiger partial charge in [-0.3, -0.25) is 4.79 Å². The van der Waals surface area contributed by atoms with E-state index in [9.17, 15) is 4.79 Å². The molecular weight excluding hydrogens is 234 g/mol. The lowest BCUT2D eigenvalue weighted by Gasteiger charge is -2.11. The molecule has 0 aliphatic rings. The Kier molecular flexibility index (Phi) is 6.08. The van der Waals surface area contributed by atoms with E-state index >= 15 is 0 Å². The minimum atomic E-state index is -0.115. The fourth-order valence-electron chi connectivity index (χ4n) is 1.37. The van der Waals surface area contributed by atoms with Crippen LogP contribution >= 0.6 is 11.8 Å². The fraction of sp³-hybridized carbons (Fsp3) is 0.462. The van der Waals surface area contributed by atoms with Crippen LogP contribution in [0.3, 0.4) is 0 Å². The van der Waals surface area contributed by atoms with Crippen molar-refractivity contribution >= 4 is 17.7 Å². The summed E-state index contributed by atoms with van der Waals surface area (Å²) in [6.07, 6.45) is 0.948. The van der Waals surface area contributed by atoms with E-state index in [1.165, 1.54) is 11.8 Å². The summed E-state index contributed by atoms with van der Waals surface area (Å²) in [4.78, 5) is 12.7. The van der Waals surface area contributed by atoms with Gasteiger partial charge in [-0.2, -0.15) is 0 Å². The van der Waals surface area contributed by atoms with Gasteiger partial charge in [0.25, 0.3) is 0 Å². The van der Waals surface area contributed by atoms with Gasteiger partial charge in [0, 0.05) is 11.4 Å². The van der Waals surface area contributed by atoms with Crippen LogP contribution in [0.25, 0.3) is 0 Å². The number of thioether (sulfide) groups is 1. The first kappa shape index (κ1) is 14.1. The summed E-state index contributed by atoms with van der Waals surface area (Å²) in [6.45, 7) is 4.68. The van der Waals surface area contributed by atoms with E-state index in [1.54, 1.807) is 0 Å². The van der Waals surface area contributed by atoms with Crippen LogP contribution in [0.4, 0.5) is 0 Å². The molecule has 17 heavy (non-hydrogen) atoms. The van der Waals surface area contributed by atoms with Gasteiger partial charge in [-0.15, -0.1) is 11.8 Å². The first-order valence-corrected chi connectivity index (χ1v) is 6.69. The second-order valence-electron chi connectivity index (χ2n) is 3.86. The van der Waals surface area contributed by atoms with Crippen molar-refractivity contribution in [1.29, 1.82) is 0 Å². The first-order chi connectivity index (χ1) is 8.17. The first-order valence-electron chi connectivity index (χ1n) is 5.81. The maximum absolute atomic E-state index is 11.7. The van der Waals surface area contributed by atoms with Gasteiger partial charge >= 0.3 is 0 Å². The second-order valence-corrected chi connectivity index (χ2v) is 5.27. The van der Waals surface area contributed by atoms with Gasteiger partial charge in [-0.1, -0.05) is 19.1 Å². The molecule has 0 spiro atoms. The normalized spacial score (nSPS) is 12.2. The highest BCUT2D eigenvalue weighted by molar-refractivity contribution is 8.00. The van der Waals surface area contributed by atoms with Crippen LogP contribution in [0.5, 0.6) is 0 Å². The number of benzene rings is 1. The third-order valence-electron chi connectivity index (χ3n) is 2.31. The number of carbonyl (C=O) groups is 1. The van der Waals surface area contributed by atoms with E-state index in [4.69, 9.17) is 5.11 Å². The summed E-state index contributed by atoms with van der Waals surface area (Å²) < 4.78 is 0. The summed E-state index contributed by atoms with van der Waals surface area (Å²) >= 11 is 1.51. The van der Waals surface area contributed by atoms with Crippen molar-refractivity contribution in [3.05, 3.63) is 29.8 Å². The van der Waals surface area contributed by atoms with E-state index in [0.29, 0.717) is 0 Å². The van der Waals surface area contributed by atoms with Gasteiger partial charge in [-0.05, 0) is 31.0 Å². The van der Waals surface area contributed by atoms with Crippen molar-refractivity contribution in [3.63, 3.8) is 0 Å². The number of nitrogens with one attached hydrogen (secondary N) is 1. The predicted octanol–water partition coefficient (Wildman–Crippen LogP) is 2.19. The summed E-state index contributed by atoms with van der Waals surface area (Å²) in [5, 5.41) is 11.8. The molecule has 0 heterocycles. The van der Waals surface area contributed by atoms with Gasteiger partial charge in [0.1, 0.15) is 0 Å². The zero-order valence-corrected chi connectivity index (χ0v) is 11.1. The van der Waals surface area contributed by atoms with Crippen molar-refractivity contribution in [2.75, 3.05) is 6.54 Å². The average molecular weight is 253 g/mol. The zero-order valence-electron chi connectivity index (χ0n) is 10.3. The Morgan fingerprint density at radius 1 is 1.53 bits per heavy atom. The number of aliphatic hydroxyl groups excluding tert-OH is 1. The molecule has 0 aliphatic heterocycles. The van der Waals surface area contributed by atoms with Gasteiger partial charge < -0.3 is 10.4 Å². The van der Waals surface area contributed by atoms with Crippen LogP contribution in [0, 0.1) is 0 Å². The molecule has 0 radical (unpaired) electrons. The molecule has 0 saturated carbocycles. The number of hydrogen-bond acceptors (Lipinski definition) is 3. The van der Waals surface area contributed by atoms with Crippen molar-refractivity contribution in [2.24, 2.45) is 0 Å². The van der Waals surface area contributed by atoms with E-state index in [0.717, 1.165) is 23.4 Å². The number of hydrogen-bond donors (Lipinski definition) is 2. The van der Waals surface area contributed by atoms with E-state index < -0.39 is 0 Å². The molecule has 1 rings (SSSR count). The zero-order chi connectivity index (χ0) is 12.7. The third-order valence-corrected chi connectivity index (χ3v) is 3.41. The lowest BCUT2D eigenvalue weighted by Crippen LogP contribution is -2.31. The minimum Gasteiger partial charge on any atom is -0.392 e. The van der Waals surface area contributed by atoms with Gasteiger partial charge in [0.2, 0.25) is 5.91 Å². The fourth-order valence-corrected chi connectivity index (χ4v) is 2.34. The van der Waals surface area contributed by atoms with Crippen LogP contribution in [-0.4, -0.2) is 22.8 Å². The Morgan fingerprint density at radius 2 is 2.29 bits per heavy atom. The lowest BCUT2D eigenvalue weighted by atomic mass is 10.2. The molecule has 0 aliphatic carbocycles. The molecule has 3 nitrogen and oxygen atoms in total. The average Bonchev–Trinajstić information content (AvgIpc) is 2.36. The van der Waals surface area contributed by atoms with E-state index in [1.807, 2.05) is 38.1 Å². The number of carbonyl (C=O) groups excluding carboxylic acids is 1. The van der Waals surface area contributed by atoms with Gasteiger partial charge in [0.05, 0.1) is 11.9 Å². The molecule has 0 fully saturated rings. The molecular formula is C13H19NO2S. The highest BCUT2D eigenvalue weighted by Gasteiger charge is 2.13. The maximum Gasteiger partial charge on any atom is 0.233 e. The van der Waals surface area contributed by atoms with E-state index in [2.05, 4.69) is 5.32 Å². The monoisotopic (exact) mass is 253 g/mol. The highest BCUT2D eigenvalue weighted by atomic mass is 32.2. The molecule has 1 amide bonds. The molecule has 1 aromatic rings. The topological polar surface area (TPSA) is 49.3 Å². The molecule has 4 heteroatoms. The van der Waals surface area contributed by atoms with E-state index in [-0.39, 0.29) is 17.8 Å². The summed E-state index contributed by atoms with van der Waals surface area (Å²) in [6, 6.07) is 7.62. The van der Waals surface area contributed by atoms with Crippen LogP contribution in [0.1, 0.15) is 25.8 Å². The minimum absolute atomic E-state index is 0.0326. The second kappa shape index (κ2) is 7.35. The SMILES string of the molecule is CCCNC(=O)C(C)Sc1cccc(CO)c1. The van der Waals surface area contributed by atoms with Crippen molar-refractivity contribution in [2.45, 2.75) is 37.0 Å². The van der Waals surface area contributed by atoms with Crippen LogP contribution in [0.15, 0.2) is 29.2 Å². The Bertz CT molecular complexity index is 368. The summed E-state index contributed by atoms with van der Waals surface area (Å²) in [7, 11) is 0. The Balaban J connectivity index is 2.54. The van der Waals surface area contributed by atoms with Crippen molar-refractivity contribution in [3.8, 4) is 0 Å². The molecule has 0 saturated heterocycles. The van der Waals surface area contributed by atoms with Crippen molar-refractivity contribution in [1.82, 2.24) is 5.32 Å². The third kappa shape index (κ3) is 4.79. The summed E-state index contributed by atoms with van der Waals surface area (Å²) in [5.41, 5.74) is 0.871. The Morgan fingerprint density at radius 3 is 2.94 bits per heavy atom. The highest BCUT2D eigenvalue weighted by Crippen LogP contribution is 2.24. The molecule has 1 atom stereocenters. The number of amides is 1. The Hall–Kier alpha value is -1.00. The molecule has 1 unspecified atom stereocenters. The molecule has 94 valence electrons. The molecule has 0 aromatic heterocycles. The standard InChI is InChI=1S/C13H19NO2S/c1-3-7-14-13(16)10(2)17-12-6-4-5-11(8-12)9-15/h4-6,8,10,15H,3,7,9H2,1-2H3,(H,14,16). The van der Waals surface area contributed by atoms with Crippen molar-refractivity contribution < 1.29 is 9.90 Å². The summed E-state index contributed by atoms with van der Waals surface area (Å²) in [5.74, 6) is 0.0613. The van der Waals surface area contributed by atoms with Crippen LogP contribution in [0.2, 0.25) is 0 Å². The molecule has 0 bridgehead atoms. The largest absolute Gasteiger partial charge is 0.392 e. The number of aliphatic hydroxyl groups is 1. The number of rotatable bonds is 6. The molecule has 2 N–H and O–H groups in total. The Labute approximate surface area is 107 Å².